The van der Waals surface area contributed by atoms with Crippen molar-refractivity contribution in [2.45, 2.75) is 52.9 Å². The molecular formula is C21H28N4O2S. The SMILES string of the molecule is CCCCC(C)CC(=O)Nc1nc(-c2ccccc2)c(C(=O)N=C(N)CC)s1. The van der Waals surface area contributed by atoms with Gasteiger partial charge >= 0.3 is 0 Å². The van der Waals surface area contributed by atoms with Crippen LogP contribution in [0, 0.1) is 5.92 Å². The summed E-state index contributed by atoms with van der Waals surface area (Å²) >= 11 is 1.13. The number of amidine groups is 1. The number of carbonyl (C=O) groups is 2. The zero-order chi connectivity index (χ0) is 20.5. The molecule has 7 heteroatoms. The highest BCUT2D eigenvalue weighted by Crippen LogP contribution is 2.32. The highest BCUT2D eigenvalue weighted by atomic mass is 32.1. The van der Waals surface area contributed by atoms with Crippen molar-refractivity contribution < 1.29 is 9.59 Å². The number of nitrogens with zero attached hydrogens (tertiary/aromatic N) is 2. The van der Waals surface area contributed by atoms with Crippen LogP contribution >= 0.6 is 11.3 Å². The molecule has 1 atom stereocenters. The summed E-state index contributed by atoms with van der Waals surface area (Å²) in [5.74, 6) is 0.0522. The Morgan fingerprint density at radius 2 is 1.96 bits per heavy atom. The van der Waals surface area contributed by atoms with E-state index in [0.29, 0.717) is 34.5 Å². The molecule has 0 aliphatic carbocycles. The maximum Gasteiger partial charge on any atom is 0.291 e. The molecule has 2 aromatic rings. The number of aliphatic imine (C=N–C) groups is 1. The first-order valence-electron chi connectivity index (χ1n) is 9.68. The van der Waals surface area contributed by atoms with Gasteiger partial charge in [-0.2, -0.15) is 4.99 Å². The highest BCUT2D eigenvalue weighted by molar-refractivity contribution is 7.18. The number of hydrogen-bond acceptors (Lipinski definition) is 4. The van der Waals surface area contributed by atoms with E-state index >= 15 is 0 Å². The lowest BCUT2D eigenvalue weighted by molar-refractivity contribution is -0.117. The topological polar surface area (TPSA) is 97.4 Å². The van der Waals surface area contributed by atoms with Crippen molar-refractivity contribution in [1.29, 1.82) is 0 Å². The number of hydrogen-bond donors (Lipinski definition) is 2. The highest BCUT2D eigenvalue weighted by Gasteiger charge is 2.21. The summed E-state index contributed by atoms with van der Waals surface area (Å²) in [6, 6.07) is 9.39. The monoisotopic (exact) mass is 400 g/mol. The average molecular weight is 401 g/mol. The van der Waals surface area contributed by atoms with Crippen LogP contribution in [0.2, 0.25) is 0 Å². The van der Waals surface area contributed by atoms with E-state index < -0.39 is 5.91 Å². The quantitative estimate of drug-likeness (QED) is 0.463. The first-order valence-corrected chi connectivity index (χ1v) is 10.5. The summed E-state index contributed by atoms with van der Waals surface area (Å²) in [6.45, 7) is 6.05. The molecule has 0 aliphatic rings. The van der Waals surface area contributed by atoms with Crippen LogP contribution in [0.3, 0.4) is 0 Å². The zero-order valence-corrected chi connectivity index (χ0v) is 17.5. The third-order valence-electron chi connectivity index (χ3n) is 4.31. The second-order valence-electron chi connectivity index (χ2n) is 6.82. The Hall–Kier alpha value is -2.54. The molecule has 2 rings (SSSR count). The van der Waals surface area contributed by atoms with Gasteiger partial charge in [-0.1, -0.05) is 81.7 Å². The van der Waals surface area contributed by atoms with Crippen molar-refractivity contribution in [3.05, 3.63) is 35.2 Å². The van der Waals surface area contributed by atoms with Gasteiger partial charge in [-0.25, -0.2) is 4.98 Å². The van der Waals surface area contributed by atoms with Crippen LogP contribution in [0.4, 0.5) is 5.13 Å². The standard InChI is InChI=1S/C21H28N4O2S/c1-4-6-10-14(3)13-17(26)24-21-25-18(15-11-8-7-9-12-15)19(28-21)20(27)23-16(22)5-2/h7-9,11-12,14H,4-6,10,13H2,1-3H3,(H2,22,23,27)(H,24,25,26). The number of rotatable bonds is 9. The number of aromatic nitrogens is 1. The number of carbonyl (C=O) groups excluding carboxylic acids is 2. The van der Waals surface area contributed by atoms with E-state index in [1.165, 1.54) is 0 Å². The Morgan fingerprint density at radius 1 is 1.25 bits per heavy atom. The van der Waals surface area contributed by atoms with Crippen LogP contribution in [0.5, 0.6) is 0 Å². The van der Waals surface area contributed by atoms with E-state index in [-0.39, 0.29) is 11.7 Å². The lowest BCUT2D eigenvalue weighted by Crippen LogP contribution is -2.15. The second-order valence-corrected chi connectivity index (χ2v) is 7.82. The average Bonchev–Trinajstić information content (AvgIpc) is 3.10. The molecule has 6 nitrogen and oxygen atoms in total. The van der Waals surface area contributed by atoms with Gasteiger partial charge < -0.3 is 11.1 Å². The van der Waals surface area contributed by atoms with Gasteiger partial charge in [0.05, 0.1) is 5.69 Å². The molecule has 1 unspecified atom stereocenters. The maximum atomic E-state index is 12.6. The predicted molar refractivity (Wildman–Crippen MR) is 116 cm³/mol. The minimum absolute atomic E-state index is 0.0902. The molecule has 1 heterocycles. The van der Waals surface area contributed by atoms with Crippen LogP contribution < -0.4 is 11.1 Å². The van der Waals surface area contributed by atoms with Crippen molar-refractivity contribution in [3.63, 3.8) is 0 Å². The molecule has 2 amide bonds. The third kappa shape index (κ3) is 6.27. The van der Waals surface area contributed by atoms with Crippen molar-refractivity contribution in [2.24, 2.45) is 16.6 Å². The largest absolute Gasteiger partial charge is 0.387 e. The molecule has 3 N–H and O–H groups in total. The number of anilines is 1. The van der Waals surface area contributed by atoms with Crippen molar-refractivity contribution in [3.8, 4) is 11.3 Å². The van der Waals surface area contributed by atoms with Gasteiger partial charge in [0, 0.05) is 18.4 Å². The molecule has 0 saturated heterocycles. The summed E-state index contributed by atoms with van der Waals surface area (Å²) in [4.78, 5) is 33.8. The van der Waals surface area contributed by atoms with Gasteiger partial charge in [0.15, 0.2) is 5.13 Å². The van der Waals surface area contributed by atoms with Crippen LogP contribution in [0.1, 0.15) is 62.5 Å². The van der Waals surface area contributed by atoms with E-state index in [4.69, 9.17) is 5.73 Å². The van der Waals surface area contributed by atoms with Crippen LogP contribution in [-0.4, -0.2) is 22.6 Å². The molecule has 150 valence electrons. The number of unbranched alkanes of at least 4 members (excludes halogenated alkanes) is 1. The molecule has 0 radical (unpaired) electrons. The molecule has 0 bridgehead atoms. The van der Waals surface area contributed by atoms with Gasteiger partial charge in [-0.05, 0) is 5.92 Å². The molecule has 1 aromatic carbocycles. The number of nitrogens with one attached hydrogen (secondary N) is 1. The Kier molecular flexibility index (Phi) is 8.32. The van der Waals surface area contributed by atoms with Crippen LogP contribution in [-0.2, 0) is 4.79 Å². The maximum absolute atomic E-state index is 12.6. The Balaban J connectivity index is 2.24. The van der Waals surface area contributed by atoms with E-state index in [2.05, 4.69) is 29.1 Å². The fourth-order valence-electron chi connectivity index (χ4n) is 2.71. The summed E-state index contributed by atoms with van der Waals surface area (Å²) in [6.07, 6.45) is 4.17. The van der Waals surface area contributed by atoms with Crippen molar-refractivity contribution in [1.82, 2.24) is 4.98 Å². The first kappa shape index (κ1) is 21.8. The third-order valence-corrected chi connectivity index (χ3v) is 5.27. The molecule has 0 spiro atoms. The fourth-order valence-corrected chi connectivity index (χ4v) is 3.60. The summed E-state index contributed by atoms with van der Waals surface area (Å²) in [5.41, 5.74) is 7.03. The number of amides is 2. The van der Waals surface area contributed by atoms with Crippen LogP contribution in [0.15, 0.2) is 35.3 Å². The summed E-state index contributed by atoms with van der Waals surface area (Å²) in [5, 5.41) is 3.24. The lowest BCUT2D eigenvalue weighted by atomic mass is 10.0. The molecule has 0 saturated carbocycles. The number of nitrogens with two attached hydrogens (primary N) is 1. The first-order chi connectivity index (χ1) is 13.4. The van der Waals surface area contributed by atoms with E-state index in [9.17, 15) is 9.59 Å². The summed E-state index contributed by atoms with van der Waals surface area (Å²) < 4.78 is 0. The van der Waals surface area contributed by atoms with Crippen molar-refractivity contribution >= 4 is 34.1 Å². The smallest absolute Gasteiger partial charge is 0.291 e. The minimum Gasteiger partial charge on any atom is -0.387 e. The molecular weight excluding hydrogens is 372 g/mol. The number of benzene rings is 1. The Morgan fingerprint density at radius 3 is 2.61 bits per heavy atom. The van der Waals surface area contributed by atoms with Crippen LogP contribution in [0.25, 0.3) is 11.3 Å². The lowest BCUT2D eigenvalue weighted by Gasteiger charge is -2.09. The summed E-state index contributed by atoms with van der Waals surface area (Å²) in [7, 11) is 0. The van der Waals surface area contributed by atoms with Crippen molar-refractivity contribution in [2.75, 3.05) is 5.32 Å². The normalized spacial score (nSPS) is 12.6. The minimum atomic E-state index is -0.437. The van der Waals surface area contributed by atoms with Gasteiger partial charge in [0.25, 0.3) is 5.91 Å². The van der Waals surface area contributed by atoms with Gasteiger partial charge in [-0.15, -0.1) is 0 Å². The van der Waals surface area contributed by atoms with Gasteiger partial charge in [-0.3, -0.25) is 9.59 Å². The van der Waals surface area contributed by atoms with Gasteiger partial charge in [0.1, 0.15) is 10.7 Å². The fraction of sp³-hybridized carbons (Fsp3) is 0.429. The molecule has 28 heavy (non-hydrogen) atoms. The number of thiazole rings is 1. The second kappa shape index (κ2) is 10.7. The molecule has 0 fully saturated rings. The van der Waals surface area contributed by atoms with E-state index in [1.54, 1.807) is 0 Å². The predicted octanol–water partition coefficient (Wildman–Crippen LogP) is 4.87. The van der Waals surface area contributed by atoms with E-state index in [1.807, 2.05) is 37.3 Å². The van der Waals surface area contributed by atoms with Gasteiger partial charge in [0.2, 0.25) is 5.91 Å². The molecule has 0 aliphatic heterocycles. The Labute approximate surface area is 170 Å². The molecule has 1 aromatic heterocycles. The van der Waals surface area contributed by atoms with E-state index in [0.717, 1.165) is 36.2 Å². The zero-order valence-electron chi connectivity index (χ0n) is 16.7. The Bertz CT molecular complexity index is 830.